The monoisotopic (exact) mass is 452 g/mol. The molecule has 4 rings (SSSR count). The zero-order chi connectivity index (χ0) is 21.2. The first-order valence-corrected chi connectivity index (χ1v) is 12.3. The Bertz CT molecular complexity index is 788. The van der Waals surface area contributed by atoms with Crippen LogP contribution in [0.2, 0.25) is 0 Å². The topological polar surface area (TPSA) is 124 Å². The van der Waals surface area contributed by atoms with Crippen molar-refractivity contribution in [1.82, 2.24) is 0 Å². The third-order valence-corrected chi connectivity index (χ3v) is 10.1. The van der Waals surface area contributed by atoms with Crippen LogP contribution in [0.1, 0.15) is 71.6 Å². The number of hydrogen-bond donors (Lipinski definition) is 2. The van der Waals surface area contributed by atoms with Crippen molar-refractivity contribution in [3.63, 3.8) is 0 Å². The number of rotatable bonds is 4. The first-order valence-electron chi connectivity index (χ1n) is 11.0. The second-order valence-electron chi connectivity index (χ2n) is 10.5. The molecule has 0 spiro atoms. The maximum Gasteiger partial charge on any atom is 1.00 e. The maximum atomic E-state index is 12.4. The fourth-order valence-electron chi connectivity index (χ4n) is 8.08. The van der Waals surface area contributed by atoms with Crippen LogP contribution in [0.5, 0.6) is 0 Å². The van der Waals surface area contributed by atoms with Crippen LogP contribution in [-0.2, 0) is 19.4 Å². The van der Waals surface area contributed by atoms with Gasteiger partial charge in [-0.2, -0.15) is 0 Å². The van der Waals surface area contributed by atoms with Gasteiger partial charge in [0.15, 0.2) is 5.78 Å². The minimum atomic E-state index is -4.68. The Balaban J connectivity index is 0.00000256. The number of fused-ring (bicyclic) bond motifs is 5. The molecule has 0 aromatic heterocycles. The van der Waals surface area contributed by atoms with E-state index in [-0.39, 0.29) is 40.9 Å². The van der Waals surface area contributed by atoms with E-state index in [1.807, 2.05) is 6.92 Å². The number of aliphatic hydroxyl groups is 2. The van der Waals surface area contributed by atoms with E-state index in [2.05, 4.69) is 6.92 Å². The summed E-state index contributed by atoms with van der Waals surface area (Å²) in [4.78, 5) is 12.4. The van der Waals surface area contributed by atoms with Crippen LogP contribution in [-0.4, -0.2) is 47.3 Å². The fraction of sp³-hybridized carbons (Fsp3) is 0.952. The van der Waals surface area contributed by atoms with Crippen molar-refractivity contribution in [3.8, 4) is 0 Å². The molecule has 0 radical (unpaired) electrons. The van der Waals surface area contributed by atoms with Crippen molar-refractivity contribution in [3.05, 3.63) is 0 Å². The summed E-state index contributed by atoms with van der Waals surface area (Å²) in [5, 5.41) is 20.6. The molecule has 0 aliphatic heterocycles. The zero-order valence-corrected chi connectivity index (χ0v) is 21.1. The molecule has 9 heteroatoms. The van der Waals surface area contributed by atoms with Crippen LogP contribution < -0.4 is 29.6 Å². The van der Waals surface area contributed by atoms with Gasteiger partial charge in [0.05, 0.1) is 6.10 Å². The van der Waals surface area contributed by atoms with Gasteiger partial charge in [0.2, 0.25) is 10.4 Å². The van der Waals surface area contributed by atoms with Crippen LogP contribution in [0.3, 0.4) is 0 Å². The smallest absolute Gasteiger partial charge is 0.726 e. The molecule has 0 aromatic rings. The third-order valence-electron chi connectivity index (χ3n) is 9.63. The molecular formula is C21H33NaO7S. The summed E-state index contributed by atoms with van der Waals surface area (Å²) >= 11 is 0. The fourth-order valence-corrected chi connectivity index (χ4v) is 8.59. The van der Waals surface area contributed by atoms with Crippen LogP contribution in [0.15, 0.2) is 0 Å². The van der Waals surface area contributed by atoms with E-state index in [0.717, 1.165) is 38.5 Å². The summed E-state index contributed by atoms with van der Waals surface area (Å²) < 4.78 is 37.8. The molecule has 0 heterocycles. The molecule has 0 bridgehead atoms. The first-order chi connectivity index (χ1) is 13.4. The summed E-state index contributed by atoms with van der Waals surface area (Å²) in [5.41, 5.74) is -1.85. The Morgan fingerprint density at radius 3 is 2.37 bits per heavy atom. The van der Waals surface area contributed by atoms with Gasteiger partial charge in [-0.1, -0.05) is 13.8 Å². The summed E-state index contributed by atoms with van der Waals surface area (Å²) in [6, 6.07) is 0. The Hall–Kier alpha value is 0.460. The van der Waals surface area contributed by atoms with Crippen molar-refractivity contribution in [1.29, 1.82) is 0 Å². The van der Waals surface area contributed by atoms with Gasteiger partial charge >= 0.3 is 29.6 Å². The van der Waals surface area contributed by atoms with E-state index in [1.54, 1.807) is 0 Å². The average molecular weight is 453 g/mol. The van der Waals surface area contributed by atoms with Gasteiger partial charge in [0, 0.05) is 5.41 Å². The zero-order valence-electron chi connectivity index (χ0n) is 18.3. The molecule has 30 heavy (non-hydrogen) atoms. The van der Waals surface area contributed by atoms with Crippen molar-refractivity contribution in [2.24, 2.45) is 34.5 Å². The standard InChI is InChI=1S/C21H34O7S.Na/c1-19-8-5-14(28-29(25,26)27)11-13(19)3-4-15-16(19)6-9-20(2)17(15)7-10-21(20,24)18(23)12-22;/h13-17,22,24H,3-12H2,1-2H3,(H,25,26,27);/q;+1/p-1/t13-,14+,15+,16-,17-,19-,20-,21-;/m0./s1. The molecule has 166 valence electrons. The molecule has 0 aromatic carbocycles. The van der Waals surface area contributed by atoms with E-state index in [4.69, 9.17) is 4.18 Å². The Labute approximate surface area is 201 Å². The number of Topliss-reactive ketones (excluding diaryl/α,β-unsaturated/α-hetero) is 1. The van der Waals surface area contributed by atoms with Gasteiger partial charge in [0.1, 0.15) is 12.2 Å². The van der Waals surface area contributed by atoms with Crippen molar-refractivity contribution in [2.45, 2.75) is 83.3 Å². The first kappa shape index (κ1) is 25.1. The van der Waals surface area contributed by atoms with Crippen LogP contribution in [0, 0.1) is 34.5 Å². The molecule has 0 saturated heterocycles. The molecule has 4 aliphatic rings. The molecule has 2 N–H and O–H groups in total. The Morgan fingerprint density at radius 1 is 1.07 bits per heavy atom. The summed E-state index contributed by atoms with van der Waals surface area (Å²) in [7, 11) is -4.68. The van der Waals surface area contributed by atoms with Crippen molar-refractivity contribution in [2.75, 3.05) is 6.61 Å². The molecule has 7 nitrogen and oxygen atoms in total. The Kier molecular flexibility index (Phi) is 6.98. The van der Waals surface area contributed by atoms with Gasteiger partial charge in [-0.3, -0.25) is 8.98 Å². The third kappa shape index (κ3) is 3.77. The summed E-state index contributed by atoms with van der Waals surface area (Å²) in [5.74, 6) is 1.03. The summed E-state index contributed by atoms with van der Waals surface area (Å²) in [6.07, 6.45) is 6.37. The summed E-state index contributed by atoms with van der Waals surface area (Å²) in [6.45, 7) is 3.72. The quantitative estimate of drug-likeness (QED) is 0.324. The van der Waals surface area contributed by atoms with Crippen molar-refractivity contribution < 1.29 is 61.7 Å². The molecule has 0 amide bonds. The van der Waals surface area contributed by atoms with Gasteiger partial charge in [-0.05, 0) is 86.9 Å². The van der Waals surface area contributed by atoms with Crippen LogP contribution in [0.25, 0.3) is 0 Å². The number of aliphatic hydroxyl groups excluding tert-OH is 1. The van der Waals surface area contributed by atoms with Crippen molar-refractivity contribution >= 4 is 16.2 Å². The molecule has 8 atom stereocenters. The van der Waals surface area contributed by atoms with E-state index < -0.39 is 39.9 Å². The predicted molar refractivity (Wildman–Crippen MR) is 103 cm³/mol. The molecule has 4 fully saturated rings. The molecular weight excluding hydrogens is 419 g/mol. The Morgan fingerprint density at radius 2 is 1.73 bits per heavy atom. The van der Waals surface area contributed by atoms with E-state index in [9.17, 15) is 28.0 Å². The second-order valence-corrected chi connectivity index (χ2v) is 11.5. The van der Waals surface area contributed by atoms with Gasteiger partial charge < -0.3 is 14.8 Å². The van der Waals surface area contributed by atoms with Gasteiger partial charge in [0.25, 0.3) is 0 Å². The largest absolute Gasteiger partial charge is 1.00 e. The number of ketones is 1. The number of carbonyl (C=O) groups excluding carboxylic acids is 1. The van der Waals surface area contributed by atoms with E-state index in [1.165, 1.54) is 0 Å². The van der Waals surface area contributed by atoms with Gasteiger partial charge in [-0.15, -0.1) is 0 Å². The minimum absolute atomic E-state index is 0. The van der Waals surface area contributed by atoms with Crippen LogP contribution >= 0.6 is 0 Å². The van der Waals surface area contributed by atoms with Crippen LogP contribution in [0.4, 0.5) is 0 Å². The second kappa shape index (κ2) is 8.35. The van der Waals surface area contributed by atoms with Gasteiger partial charge in [-0.25, -0.2) is 8.42 Å². The van der Waals surface area contributed by atoms with E-state index >= 15 is 0 Å². The number of hydrogen-bond acceptors (Lipinski definition) is 7. The SMILES string of the molecule is C[C@]12CC[C@@H](OS(=O)(=O)[O-])C[C@@H]1CC[C@@H]1[C@@H]2CC[C@@]2(C)[C@H]1CC[C@]2(O)C(=O)CO.[Na+]. The average Bonchev–Trinajstić information content (AvgIpc) is 2.92. The normalized spacial score (nSPS) is 48.1. The molecule has 4 aliphatic carbocycles. The predicted octanol–water partition coefficient (Wildman–Crippen LogP) is -0.829. The van der Waals surface area contributed by atoms with E-state index in [0.29, 0.717) is 37.0 Å². The minimum Gasteiger partial charge on any atom is -0.726 e. The number of carbonyl (C=O) groups is 1. The maximum absolute atomic E-state index is 12.4. The molecule has 0 unspecified atom stereocenters. The molecule has 4 saturated carbocycles.